The Hall–Kier alpha value is -3.48. The van der Waals surface area contributed by atoms with E-state index in [9.17, 15) is 9.90 Å². The summed E-state index contributed by atoms with van der Waals surface area (Å²) in [6, 6.07) is 9.87. The lowest BCUT2D eigenvalue weighted by atomic mass is 10.1. The number of aliphatic imine (C=N–C) groups is 1. The number of aromatic hydroxyl groups is 1. The van der Waals surface area contributed by atoms with Gasteiger partial charge in [-0.1, -0.05) is 0 Å². The van der Waals surface area contributed by atoms with E-state index >= 15 is 0 Å². The van der Waals surface area contributed by atoms with Crippen LogP contribution in [0.2, 0.25) is 0 Å². The van der Waals surface area contributed by atoms with Gasteiger partial charge in [0.15, 0.2) is 17.3 Å². The summed E-state index contributed by atoms with van der Waals surface area (Å²) in [4.78, 5) is 16.7. The second-order valence-electron chi connectivity index (χ2n) is 5.61. The van der Waals surface area contributed by atoms with Crippen molar-refractivity contribution in [2.45, 2.75) is 6.92 Å². The number of hydrogen-bond acceptors (Lipinski definition) is 6. The van der Waals surface area contributed by atoms with Crippen LogP contribution in [0.5, 0.6) is 17.2 Å². The Kier molecular flexibility index (Phi) is 3.35. The van der Waals surface area contributed by atoms with Crippen molar-refractivity contribution in [3.63, 3.8) is 0 Å². The first kappa shape index (κ1) is 15.1. The lowest BCUT2D eigenvalue weighted by Crippen LogP contribution is -2.04. The van der Waals surface area contributed by atoms with Crippen LogP contribution in [-0.2, 0) is 0 Å². The van der Waals surface area contributed by atoms with Crippen molar-refractivity contribution in [1.29, 1.82) is 0 Å². The number of nitrogens with two attached hydrogens (primary N) is 1. The van der Waals surface area contributed by atoms with Crippen LogP contribution < -0.4 is 20.6 Å². The zero-order valence-corrected chi connectivity index (χ0v) is 13.3. The van der Waals surface area contributed by atoms with Gasteiger partial charge in [0.2, 0.25) is 18.0 Å². The molecule has 25 heavy (non-hydrogen) atoms. The van der Waals surface area contributed by atoms with Gasteiger partial charge in [-0.2, -0.15) is 0 Å². The fourth-order valence-electron chi connectivity index (χ4n) is 2.68. The minimum Gasteiger partial charge on any atom is -0.502 e. The van der Waals surface area contributed by atoms with Crippen LogP contribution in [0.1, 0.15) is 6.92 Å². The minimum atomic E-state index is -0.541. The number of amidine groups is 1. The van der Waals surface area contributed by atoms with Crippen LogP contribution in [0.15, 0.2) is 50.6 Å². The molecule has 0 saturated carbocycles. The summed E-state index contributed by atoms with van der Waals surface area (Å²) >= 11 is 0. The fraction of sp³-hybridized carbons (Fsp3) is 0.111. The zero-order valence-electron chi connectivity index (χ0n) is 13.3. The maximum absolute atomic E-state index is 12.5. The molecule has 0 amide bonds. The Morgan fingerprint density at radius 2 is 1.96 bits per heavy atom. The van der Waals surface area contributed by atoms with E-state index in [0.717, 1.165) is 0 Å². The lowest BCUT2D eigenvalue weighted by molar-refractivity contribution is 0.174. The Balaban J connectivity index is 1.90. The van der Waals surface area contributed by atoms with Crippen LogP contribution >= 0.6 is 0 Å². The summed E-state index contributed by atoms with van der Waals surface area (Å²) in [5.74, 6) is 1.10. The standard InChI is InChI=1S/C18H14N2O5/c1-9(19)20-11-3-5-13-12(7-11)16(21)17(22)18(25-13)10-2-4-14-15(6-10)24-8-23-14/h2-7,22H,8H2,1H3,(H2,19,20). The first-order valence-electron chi connectivity index (χ1n) is 7.53. The van der Waals surface area contributed by atoms with Gasteiger partial charge >= 0.3 is 0 Å². The van der Waals surface area contributed by atoms with Crippen LogP contribution in [0.4, 0.5) is 5.69 Å². The van der Waals surface area contributed by atoms with E-state index in [4.69, 9.17) is 19.6 Å². The molecule has 2 heterocycles. The van der Waals surface area contributed by atoms with E-state index in [1.54, 1.807) is 37.3 Å². The van der Waals surface area contributed by atoms with E-state index in [1.807, 2.05) is 0 Å². The zero-order chi connectivity index (χ0) is 17.6. The molecule has 0 aliphatic carbocycles. The molecule has 1 aromatic heterocycles. The fourth-order valence-corrected chi connectivity index (χ4v) is 2.68. The van der Waals surface area contributed by atoms with Crippen LogP contribution in [0, 0.1) is 0 Å². The number of nitrogens with zero attached hydrogens (tertiary/aromatic N) is 1. The summed E-state index contributed by atoms with van der Waals surface area (Å²) in [7, 11) is 0. The highest BCUT2D eigenvalue weighted by Crippen LogP contribution is 2.38. The van der Waals surface area contributed by atoms with Gasteiger partial charge < -0.3 is 24.7 Å². The van der Waals surface area contributed by atoms with E-state index < -0.39 is 11.2 Å². The largest absolute Gasteiger partial charge is 0.502 e. The highest BCUT2D eigenvalue weighted by Gasteiger charge is 2.19. The summed E-state index contributed by atoms with van der Waals surface area (Å²) in [6.07, 6.45) is 0. The van der Waals surface area contributed by atoms with Crippen LogP contribution in [0.25, 0.3) is 22.3 Å². The van der Waals surface area contributed by atoms with Gasteiger partial charge in [0.25, 0.3) is 0 Å². The molecule has 0 saturated heterocycles. The van der Waals surface area contributed by atoms with Crippen molar-refractivity contribution in [2.24, 2.45) is 10.7 Å². The third-order valence-corrected chi connectivity index (χ3v) is 3.79. The lowest BCUT2D eigenvalue weighted by Gasteiger charge is -2.07. The monoisotopic (exact) mass is 338 g/mol. The molecule has 0 spiro atoms. The summed E-state index contributed by atoms with van der Waals surface area (Å²) < 4.78 is 16.3. The van der Waals surface area contributed by atoms with E-state index in [-0.39, 0.29) is 17.9 Å². The maximum Gasteiger partial charge on any atom is 0.235 e. The molecule has 7 heteroatoms. The van der Waals surface area contributed by atoms with Crippen molar-refractivity contribution >= 4 is 22.5 Å². The van der Waals surface area contributed by atoms with Crippen molar-refractivity contribution in [2.75, 3.05) is 6.79 Å². The summed E-state index contributed by atoms with van der Waals surface area (Å²) in [6.45, 7) is 1.78. The molecule has 0 radical (unpaired) electrons. The third-order valence-electron chi connectivity index (χ3n) is 3.79. The normalized spacial score (nSPS) is 13.4. The van der Waals surface area contributed by atoms with Gasteiger partial charge in [0.1, 0.15) is 5.58 Å². The van der Waals surface area contributed by atoms with Crippen molar-refractivity contribution in [1.82, 2.24) is 0 Å². The van der Waals surface area contributed by atoms with Gasteiger partial charge in [-0.05, 0) is 43.3 Å². The highest BCUT2D eigenvalue weighted by molar-refractivity contribution is 5.87. The number of fused-ring (bicyclic) bond motifs is 2. The van der Waals surface area contributed by atoms with Crippen molar-refractivity contribution in [3.05, 3.63) is 46.6 Å². The summed E-state index contributed by atoms with van der Waals surface area (Å²) in [5.41, 5.74) is 6.38. The molecule has 1 aliphatic rings. The second-order valence-corrected chi connectivity index (χ2v) is 5.61. The molecule has 4 rings (SSSR count). The van der Waals surface area contributed by atoms with Crippen molar-refractivity contribution in [3.8, 4) is 28.6 Å². The molecule has 0 fully saturated rings. The maximum atomic E-state index is 12.5. The average Bonchev–Trinajstić information content (AvgIpc) is 3.05. The molecule has 7 nitrogen and oxygen atoms in total. The Morgan fingerprint density at radius 3 is 2.76 bits per heavy atom. The number of rotatable bonds is 2. The number of ether oxygens (including phenoxy) is 2. The second kappa shape index (κ2) is 5.55. The predicted octanol–water partition coefficient (Wildman–Crippen LogP) is 2.90. The molecule has 3 aromatic rings. The average molecular weight is 338 g/mol. The van der Waals surface area contributed by atoms with E-state index in [0.29, 0.717) is 34.2 Å². The Morgan fingerprint density at radius 1 is 1.16 bits per heavy atom. The topological polar surface area (TPSA) is 107 Å². The first-order chi connectivity index (χ1) is 12.0. The number of benzene rings is 2. The highest BCUT2D eigenvalue weighted by atomic mass is 16.7. The van der Waals surface area contributed by atoms with E-state index in [2.05, 4.69) is 4.99 Å². The molecule has 0 bridgehead atoms. The smallest absolute Gasteiger partial charge is 0.235 e. The molecule has 0 unspecified atom stereocenters. The Labute approximate surface area is 141 Å². The van der Waals surface area contributed by atoms with Crippen LogP contribution in [-0.4, -0.2) is 17.7 Å². The Bertz CT molecular complexity index is 1080. The van der Waals surface area contributed by atoms with Crippen LogP contribution in [0.3, 0.4) is 0 Å². The minimum absolute atomic E-state index is 0.0713. The van der Waals surface area contributed by atoms with Gasteiger partial charge in [0, 0.05) is 5.56 Å². The quantitative estimate of drug-likeness (QED) is 0.549. The van der Waals surface area contributed by atoms with Gasteiger partial charge in [-0.15, -0.1) is 0 Å². The molecule has 0 atom stereocenters. The predicted molar refractivity (Wildman–Crippen MR) is 92.7 cm³/mol. The SMILES string of the molecule is CC(N)=Nc1ccc2oc(-c3ccc4c(c3)OCO4)c(O)c(=O)c2c1. The van der Waals surface area contributed by atoms with Gasteiger partial charge in [-0.25, -0.2) is 4.99 Å². The molecule has 1 aliphatic heterocycles. The molecule has 126 valence electrons. The number of hydrogen-bond donors (Lipinski definition) is 2. The summed E-state index contributed by atoms with van der Waals surface area (Å²) in [5, 5.41) is 10.6. The van der Waals surface area contributed by atoms with E-state index in [1.165, 1.54) is 6.07 Å². The van der Waals surface area contributed by atoms with Crippen molar-refractivity contribution < 1.29 is 19.0 Å². The first-order valence-corrected chi connectivity index (χ1v) is 7.53. The molecular formula is C18H14N2O5. The molecule has 2 aromatic carbocycles. The molecular weight excluding hydrogens is 324 g/mol. The van der Waals surface area contributed by atoms with Gasteiger partial charge in [-0.3, -0.25) is 4.79 Å². The molecule has 3 N–H and O–H groups in total. The van der Waals surface area contributed by atoms with Gasteiger partial charge in [0.05, 0.1) is 16.9 Å². The third kappa shape index (κ3) is 2.55.